The van der Waals surface area contributed by atoms with Gasteiger partial charge in [0.05, 0.1) is 59.3 Å². The molecule has 2 aromatic heterocycles. The Labute approximate surface area is 313 Å². The summed E-state index contributed by atoms with van der Waals surface area (Å²) in [5.74, 6) is -1.58. The molecule has 2 aliphatic rings. The number of nitrogens with one attached hydrogen (secondary N) is 1. The van der Waals surface area contributed by atoms with Gasteiger partial charge in [-0.2, -0.15) is 47.9 Å². The Morgan fingerprint density at radius 1 is 0.911 bits per heavy atom. The Balaban J connectivity index is 1.65. The summed E-state index contributed by atoms with van der Waals surface area (Å²) in [5, 5.41) is 2.91. The topological polar surface area (TPSA) is 147 Å². The number of amides is 2. The molecule has 23 heteroatoms. The van der Waals surface area contributed by atoms with E-state index in [1.54, 1.807) is 11.8 Å². The van der Waals surface area contributed by atoms with Crippen LogP contribution in [0.5, 0.6) is 5.88 Å². The van der Waals surface area contributed by atoms with Gasteiger partial charge in [0.25, 0.3) is 0 Å². The molecule has 1 unspecified atom stereocenters. The lowest BCUT2D eigenvalue weighted by atomic mass is 9.91. The molecule has 1 saturated heterocycles. The standard InChI is InChI=1S/C33H34F9N7O6S/c1-4-22-15-24(28-25(49(22)30(51)54-5-2)6-7-26(46-28)55-56(52,53)33(40,41)42)45-27(19-12-20(31(34,35)36)14-21(13-19)32(37,38)39)29-43-16-23(17-44-29)48-10-8-47(9-11-48)18(3)50/h6-7,12-14,16-17,22,24,27,45H,4-5,8-11,15H2,1-3H3/t22-,24+,27?/m1/s1. The van der Waals surface area contributed by atoms with E-state index in [0.717, 1.165) is 17.0 Å². The fraction of sp³-hybridized carbons (Fsp3) is 0.485. The zero-order valence-corrected chi connectivity index (χ0v) is 30.5. The van der Waals surface area contributed by atoms with Gasteiger partial charge in [-0.1, -0.05) is 6.92 Å². The summed E-state index contributed by atoms with van der Waals surface area (Å²) >= 11 is 0. The molecule has 1 fully saturated rings. The molecule has 0 spiro atoms. The van der Waals surface area contributed by atoms with E-state index in [2.05, 4.69) is 24.5 Å². The SMILES string of the molecule is CCOC(=O)N1c2ccc(OS(=O)(=O)C(F)(F)F)nc2[C@@H](NC(c2cc(C(F)(F)F)cc(C(F)(F)F)c2)c2ncc(N3CCN(C(C)=O)CC3)cn2)C[C@H]1CC. The van der Waals surface area contributed by atoms with E-state index in [1.165, 1.54) is 26.2 Å². The number of benzene rings is 1. The number of hydrogen-bond donors (Lipinski definition) is 1. The van der Waals surface area contributed by atoms with Crippen molar-refractivity contribution in [3.8, 4) is 5.88 Å². The van der Waals surface area contributed by atoms with Crippen LogP contribution in [0.15, 0.2) is 42.7 Å². The number of rotatable bonds is 9. The molecular formula is C33H34F9N7O6S. The van der Waals surface area contributed by atoms with Crippen molar-refractivity contribution in [2.75, 3.05) is 42.6 Å². The quantitative estimate of drug-likeness (QED) is 0.146. The monoisotopic (exact) mass is 827 g/mol. The number of ether oxygens (including phenoxy) is 1. The normalized spacial score (nSPS) is 18.7. The molecule has 4 heterocycles. The second kappa shape index (κ2) is 15.9. The lowest BCUT2D eigenvalue weighted by molar-refractivity contribution is -0.143. The number of anilines is 2. The van der Waals surface area contributed by atoms with Crippen LogP contribution in [0.1, 0.15) is 73.9 Å². The van der Waals surface area contributed by atoms with Crippen molar-refractivity contribution in [2.24, 2.45) is 0 Å². The number of aromatic nitrogens is 3. The van der Waals surface area contributed by atoms with Gasteiger partial charge in [0, 0.05) is 45.2 Å². The first-order chi connectivity index (χ1) is 26.0. The summed E-state index contributed by atoms with van der Waals surface area (Å²) in [7, 11) is -6.26. The van der Waals surface area contributed by atoms with Gasteiger partial charge in [0.1, 0.15) is 5.82 Å². The first-order valence-electron chi connectivity index (χ1n) is 16.9. The van der Waals surface area contributed by atoms with Crippen LogP contribution in [0.2, 0.25) is 0 Å². The zero-order chi connectivity index (χ0) is 41.4. The van der Waals surface area contributed by atoms with Gasteiger partial charge in [-0.25, -0.2) is 19.7 Å². The summed E-state index contributed by atoms with van der Waals surface area (Å²) in [6.45, 7) is 5.89. The number of pyridine rings is 1. The summed E-state index contributed by atoms with van der Waals surface area (Å²) in [6, 6.07) is -1.23. The van der Waals surface area contributed by atoms with E-state index in [9.17, 15) is 57.5 Å². The molecule has 2 aliphatic heterocycles. The zero-order valence-electron chi connectivity index (χ0n) is 29.7. The van der Waals surface area contributed by atoms with Crippen LogP contribution in [-0.2, 0) is 32.0 Å². The van der Waals surface area contributed by atoms with Crippen LogP contribution in [0, 0.1) is 0 Å². The second-order valence-corrected chi connectivity index (χ2v) is 14.2. The fourth-order valence-electron chi connectivity index (χ4n) is 6.33. The van der Waals surface area contributed by atoms with E-state index in [-0.39, 0.29) is 48.6 Å². The molecule has 56 heavy (non-hydrogen) atoms. The number of halogens is 9. The van der Waals surface area contributed by atoms with Crippen LogP contribution in [0.3, 0.4) is 0 Å². The predicted octanol–water partition coefficient (Wildman–Crippen LogP) is 6.37. The number of carbonyl (C=O) groups excluding carboxylic acids is 2. The smallest absolute Gasteiger partial charge is 0.449 e. The molecule has 0 saturated carbocycles. The minimum absolute atomic E-state index is 0.0717. The van der Waals surface area contributed by atoms with Crippen molar-refractivity contribution < 1.29 is 66.4 Å². The highest BCUT2D eigenvalue weighted by Gasteiger charge is 2.49. The number of nitrogens with zero attached hydrogens (tertiary/aromatic N) is 6. The molecule has 5 rings (SSSR count). The molecule has 13 nitrogen and oxygen atoms in total. The molecule has 0 radical (unpaired) electrons. The highest BCUT2D eigenvalue weighted by molar-refractivity contribution is 7.87. The van der Waals surface area contributed by atoms with E-state index in [0.29, 0.717) is 44.0 Å². The first kappa shape index (κ1) is 42.2. The highest BCUT2D eigenvalue weighted by Crippen LogP contribution is 2.43. The van der Waals surface area contributed by atoms with Gasteiger partial charge in [-0.3, -0.25) is 15.0 Å². The van der Waals surface area contributed by atoms with Gasteiger partial charge < -0.3 is 18.7 Å². The van der Waals surface area contributed by atoms with Crippen molar-refractivity contribution >= 4 is 33.5 Å². The number of hydrogen-bond acceptors (Lipinski definition) is 11. The number of alkyl halides is 9. The van der Waals surface area contributed by atoms with Gasteiger partial charge in [-0.05, 0) is 49.6 Å². The largest absolute Gasteiger partial charge is 0.534 e. The number of carbonyl (C=O) groups is 2. The van der Waals surface area contributed by atoms with Crippen molar-refractivity contribution in [1.29, 1.82) is 0 Å². The maximum absolute atomic E-state index is 14.1. The lowest BCUT2D eigenvalue weighted by Gasteiger charge is -2.40. The molecule has 3 atom stereocenters. The van der Waals surface area contributed by atoms with Crippen LogP contribution < -0.4 is 19.3 Å². The molecule has 0 bridgehead atoms. The Bertz CT molecular complexity index is 1990. The summed E-state index contributed by atoms with van der Waals surface area (Å²) in [4.78, 5) is 42.0. The van der Waals surface area contributed by atoms with Crippen LogP contribution >= 0.6 is 0 Å². The van der Waals surface area contributed by atoms with E-state index in [1.807, 2.05) is 4.90 Å². The molecule has 1 N–H and O–H groups in total. The second-order valence-electron chi connectivity index (χ2n) is 12.7. The molecular weight excluding hydrogens is 793 g/mol. The first-order valence-corrected chi connectivity index (χ1v) is 18.3. The minimum atomic E-state index is -6.26. The maximum Gasteiger partial charge on any atom is 0.534 e. The Kier molecular flexibility index (Phi) is 12.0. The lowest BCUT2D eigenvalue weighted by Crippen LogP contribution is -2.48. The average Bonchev–Trinajstić information content (AvgIpc) is 3.12. The summed E-state index contributed by atoms with van der Waals surface area (Å²) in [5.41, 5.74) is -9.88. The Morgan fingerprint density at radius 3 is 2.00 bits per heavy atom. The van der Waals surface area contributed by atoms with Crippen molar-refractivity contribution in [1.82, 2.24) is 25.2 Å². The molecule has 1 aromatic carbocycles. The van der Waals surface area contributed by atoms with E-state index >= 15 is 0 Å². The third-order valence-electron chi connectivity index (χ3n) is 9.07. The van der Waals surface area contributed by atoms with E-state index in [4.69, 9.17) is 4.74 Å². The highest BCUT2D eigenvalue weighted by atomic mass is 32.2. The fourth-order valence-corrected chi connectivity index (χ4v) is 6.74. The predicted molar refractivity (Wildman–Crippen MR) is 179 cm³/mol. The molecule has 2 amide bonds. The van der Waals surface area contributed by atoms with Gasteiger partial charge in [0.2, 0.25) is 11.8 Å². The minimum Gasteiger partial charge on any atom is -0.449 e. The molecule has 306 valence electrons. The average molecular weight is 828 g/mol. The Hall–Kier alpha value is -4.93. The number of piperazine rings is 1. The third kappa shape index (κ3) is 9.19. The van der Waals surface area contributed by atoms with Crippen LogP contribution in [0.25, 0.3) is 0 Å². The summed E-state index contributed by atoms with van der Waals surface area (Å²) < 4.78 is 157. The van der Waals surface area contributed by atoms with Crippen molar-refractivity contribution in [3.05, 3.63) is 70.9 Å². The maximum atomic E-state index is 14.1. The Morgan fingerprint density at radius 2 is 1.50 bits per heavy atom. The molecule has 0 aliphatic carbocycles. The van der Waals surface area contributed by atoms with Crippen LogP contribution in [-0.4, -0.2) is 84.6 Å². The van der Waals surface area contributed by atoms with Gasteiger partial charge >= 0.3 is 34.1 Å². The van der Waals surface area contributed by atoms with Gasteiger partial charge in [-0.15, -0.1) is 0 Å². The molecule has 3 aromatic rings. The van der Waals surface area contributed by atoms with Crippen molar-refractivity contribution in [2.45, 2.75) is 69.6 Å². The number of fused-ring (bicyclic) bond motifs is 1. The summed E-state index contributed by atoms with van der Waals surface area (Å²) in [6.07, 6.45) is -8.89. The van der Waals surface area contributed by atoms with E-state index < -0.39 is 74.8 Å². The third-order valence-corrected chi connectivity index (χ3v) is 10.0. The van der Waals surface area contributed by atoms with Crippen molar-refractivity contribution in [3.63, 3.8) is 0 Å². The van der Waals surface area contributed by atoms with Crippen LogP contribution in [0.4, 0.5) is 55.7 Å². The van der Waals surface area contributed by atoms with Gasteiger partial charge in [0.15, 0.2) is 0 Å².